The van der Waals surface area contributed by atoms with Gasteiger partial charge in [-0.15, -0.1) is 0 Å². The Bertz CT molecular complexity index is 1080. The first-order valence-corrected chi connectivity index (χ1v) is 10.8. The molecule has 0 radical (unpaired) electrons. The van der Waals surface area contributed by atoms with Gasteiger partial charge in [0.2, 0.25) is 0 Å². The van der Waals surface area contributed by atoms with Gasteiger partial charge in [0, 0.05) is 29.7 Å². The minimum atomic E-state index is -0.343. The minimum absolute atomic E-state index is 0.125. The number of hydrogen-bond donors (Lipinski definition) is 3. The largest absolute Gasteiger partial charge is 0.382 e. The maximum atomic E-state index is 12.0. The summed E-state index contributed by atoms with van der Waals surface area (Å²) in [4.78, 5) is 20.5. The van der Waals surface area contributed by atoms with Crippen LogP contribution in [0.15, 0.2) is 53.1 Å². The predicted octanol–water partition coefficient (Wildman–Crippen LogP) is 3.50. The van der Waals surface area contributed by atoms with Gasteiger partial charge in [0.1, 0.15) is 0 Å². The molecule has 0 fully saturated rings. The van der Waals surface area contributed by atoms with E-state index in [-0.39, 0.29) is 17.4 Å². The first-order valence-electron chi connectivity index (χ1n) is 9.98. The molecule has 0 unspecified atom stereocenters. The number of hydrogen-bond acceptors (Lipinski definition) is 5. The summed E-state index contributed by atoms with van der Waals surface area (Å²) in [5.74, 6) is -0.218. The molecule has 4 rings (SSSR count). The summed E-state index contributed by atoms with van der Waals surface area (Å²) in [6, 6.07) is 15.2. The van der Waals surface area contributed by atoms with Crippen molar-refractivity contribution in [2.24, 2.45) is 0 Å². The number of amides is 1. The van der Waals surface area contributed by atoms with Crippen molar-refractivity contribution in [3.8, 4) is 11.3 Å². The topological polar surface area (TPSA) is 92.9 Å². The van der Waals surface area contributed by atoms with Crippen LogP contribution >= 0.6 is 15.9 Å². The SMILES string of the molecule is CNC(=O)c1nc(-c2cccc(CN[C@H]3CCc4cc(Br)ccc4C3)c2)cnc1N. The van der Waals surface area contributed by atoms with Gasteiger partial charge >= 0.3 is 0 Å². The van der Waals surface area contributed by atoms with Crippen molar-refractivity contribution in [3.05, 3.63) is 75.5 Å². The molecule has 1 aromatic heterocycles. The average molecular weight is 466 g/mol. The van der Waals surface area contributed by atoms with Crippen LogP contribution in [0.25, 0.3) is 11.3 Å². The summed E-state index contributed by atoms with van der Waals surface area (Å²) in [5.41, 5.74) is 11.5. The molecule has 0 aliphatic heterocycles. The molecule has 0 bridgehead atoms. The fourth-order valence-electron chi connectivity index (χ4n) is 3.82. The van der Waals surface area contributed by atoms with Gasteiger partial charge in [-0.2, -0.15) is 0 Å². The Morgan fingerprint density at radius 3 is 2.93 bits per heavy atom. The Balaban J connectivity index is 1.46. The summed E-state index contributed by atoms with van der Waals surface area (Å²) in [6.07, 6.45) is 4.86. The minimum Gasteiger partial charge on any atom is -0.382 e. The van der Waals surface area contributed by atoms with Gasteiger partial charge in [-0.3, -0.25) is 4.79 Å². The van der Waals surface area contributed by atoms with E-state index in [4.69, 9.17) is 5.73 Å². The van der Waals surface area contributed by atoms with Gasteiger partial charge in [0.05, 0.1) is 11.9 Å². The van der Waals surface area contributed by atoms with Crippen LogP contribution < -0.4 is 16.4 Å². The van der Waals surface area contributed by atoms with Crippen molar-refractivity contribution >= 4 is 27.7 Å². The molecule has 1 heterocycles. The van der Waals surface area contributed by atoms with Crippen LogP contribution in [0.3, 0.4) is 0 Å². The average Bonchev–Trinajstić information content (AvgIpc) is 2.77. The monoisotopic (exact) mass is 465 g/mol. The normalized spacial score (nSPS) is 15.5. The molecule has 1 aliphatic rings. The Kier molecular flexibility index (Phi) is 6.11. The van der Waals surface area contributed by atoms with Crippen LogP contribution in [0, 0.1) is 0 Å². The number of nitrogens with zero attached hydrogens (tertiary/aromatic N) is 2. The molecular weight excluding hydrogens is 442 g/mol. The first kappa shape index (κ1) is 20.5. The number of nitrogens with two attached hydrogens (primary N) is 1. The highest BCUT2D eigenvalue weighted by Crippen LogP contribution is 2.25. The van der Waals surface area contributed by atoms with Crippen molar-refractivity contribution in [1.82, 2.24) is 20.6 Å². The van der Waals surface area contributed by atoms with Crippen LogP contribution in [-0.2, 0) is 19.4 Å². The third kappa shape index (κ3) is 4.52. The fourth-order valence-corrected chi connectivity index (χ4v) is 4.23. The molecule has 3 aromatic rings. The summed E-state index contributed by atoms with van der Waals surface area (Å²) in [6.45, 7) is 0.773. The highest BCUT2D eigenvalue weighted by atomic mass is 79.9. The lowest BCUT2D eigenvalue weighted by atomic mass is 9.88. The molecular formula is C23H24BrN5O. The number of carbonyl (C=O) groups excluding carboxylic acids is 1. The zero-order chi connectivity index (χ0) is 21.1. The number of aryl methyl sites for hydroxylation is 1. The van der Waals surface area contributed by atoms with E-state index in [1.165, 1.54) is 11.1 Å². The van der Waals surface area contributed by atoms with Gasteiger partial charge in [0.25, 0.3) is 5.91 Å². The van der Waals surface area contributed by atoms with E-state index in [0.29, 0.717) is 11.7 Å². The lowest BCUT2D eigenvalue weighted by molar-refractivity contribution is 0.0959. The van der Waals surface area contributed by atoms with Crippen LogP contribution in [0.4, 0.5) is 5.82 Å². The maximum absolute atomic E-state index is 12.0. The molecule has 2 aromatic carbocycles. The lowest BCUT2D eigenvalue weighted by Gasteiger charge is -2.26. The molecule has 0 saturated heterocycles. The number of rotatable bonds is 5. The van der Waals surface area contributed by atoms with Crippen molar-refractivity contribution in [3.63, 3.8) is 0 Å². The maximum Gasteiger partial charge on any atom is 0.273 e. The summed E-state index contributed by atoms with van der Waals surface area (Å²) in [5, 5.41) is 6.23. The van der Waals surface area contributed by atoms with E-state index < -0.39 is 0 Å². The number of aromatic nitrogens is 2. The molecule has 0 saturated carbocycles. The van der Waals surface area contributed by atoms with E-state index in [1.807, 2.05) is 12.1 Å². The Labute approximate surface area is 184 Å². The van der Waals surface area contributed by atoms with E-state index in [0.717, 1.165) is 41.4 Å². The highest BCUT2D eigenvalue weighted by Gasteiger charge is 2.18. The second kappa shape index (κ2) is 8.93. The predicted molar refractivity (Wildman–Crippen MR) is 122 cm³/mol. The van der Waals surface area contributed by atoms with Crippen molar-refractivity contribution < 1.29 is 4.79 Å². The Morgan fingerprint density at radius 2 is 2.10 bits per heavy atom. The second-order valence-corrected chi connectivity index (χ2v) is 8.42. The number of halogens is 1. The molecule has 1 amide bonds. The van der Waals surface area contributed by atoms with Gasteiger partial charge in [-0.25, -0.2) is 9.97 Å². The number of nitrogen functional groups attached to an aromatic ring is 1. The van der Waals surface area contributed by atoms with Gasteiger partial charge < -0.3 is 16.4 Å². The van der Waals surface area contributed by atoms with Gasteiger partial charge in [-0.1, -0.05) is 40.2 Å². The molecule has 30 heavy (non-hydrogen) atoms. The fraction of sp³-hybridized carbons (Fsp3) is 0.261. The van der Waals surface area contributed by atoms with Crippen molar-refractivity contribution in [2.45, 2.75) is 31.8 Å². The molecule has 4 N–H and O–H groups in total. The van der Waals surface area contributed by atoms with Crippen LogP contribution in [0.1, 0.15) is 33.6 Å². The number of nitrogens with one attached hydrogen (secondary N) is 2. The van der Waals surface area contributed by atoms with E-state index >= 15 is 0 Å². The van der Waals surface area contributed by atoms with Crippen molar-refractivity contribution in [1.29, 1.82) is 0 Å². The highest BCUT2D eigenvalue weighted by molar-refractivity contribution is 9.10. The van der Waals surface area contributed by atoms with Crippen LogP contribution in [0.2, 0.25) is 0 Å². The third-order valence-corrected chi connectivity index (χ3v) is 5.95. The molecule has 1 atom stereocenters. The molecule has 1 aliphatic carbocycles. The molecule has 0 spiro atoms. The number of benzene rings is 2. The number of fused-ring (bicyclic) bond motifs is 1. The van der Waals surface area contributed by atoms with Crippen LogP contribution in [0.5, 0.6) is 0 Å². The second-order valence-electron chi connectivity index (χ2n) is 7.50. The summed E-state index contributed by atoms with van der Waals surface area (Å²) < 4.78 is 1.15. The van der Waals surface area contributed by atoms with Gasteiger partial charge in [-0.05, 0) is 54.2 Å². The third-order valence-electron chi connectivity index (χ3n) is 5.46. The van der Waals surface area contributed by atoms with E-state index in [9.17, 15) is 4.79 Å². The summed E-state index contributed by atoms with van der Waals surface area (Å²) >= 11 is 3.56. The van der Waals surface area contributed by atoms with Gasteiger partial charge in [0.15, 0.2) is 11.5 Å². The summed E-state index contributed by atoms with van der Waals surface area (Å²) in [7, 11) is 1.55. The molecule has 7 heteroatoms. The number of carbonyl (C=O) groups is 1. The smallest absolute Gasteiger partial charge is 0.273 e. The van der Waals surface area contributed by atoms with Crippen molar-refractivity contribution in [2.75, 3.05) is 12.8 Å². The molecule has 154 valence electrons. The van der Waals surface area contributed by atoms with Crippen LogP contribution in [-0.4, -0.2) is 29.0 Å². The zero-order valence-electron chi connectivity index (χ0n) is 16.8. The Hall–Kier alpha value is -2.77. The zero-order valence-corrected chi connectivity index (χ0v) is 18.4. The molecule has 6 nitrogen and oxygen atoms in total. The lowest BCUT2D eigenvalue weighted by Crippen LogP contribution is -2.34. The standard InChI is InChI=1S/C23H24BrN5O/c1-26-23(30)21-22(25)28-13-20(29-21)17-4-2-3-14(9-17)12-27-19-8-6-15-10-18(24)7-5-16(15)11-19/h2-5,7,9-10,13,19,27H,6,8,11-12H2,1H3,(H2,25,28)(H,26,30)/t19-/m0/s1. The van der Waals surface area contributed by atoms with E-state index in [1.54, 1.807) is 13.2 Å². The quantitative estimate of drug-likeness (QED) is 0.536. The van der Waals surface area contributed by atoms with E-state index in [2.05, 4.69) is 66.9 Å². The first-order chi connectivity index (χ1) is 14.5. The number of anilines is 1. The Morgan fingerprint density at radius 1 is 1.23 bits per heavy atom.